The van der Waals surface area contributed by atoms with Gasteiger partial charge in [0.05, 0.1) is 0 Å². The van der Waals surface area contributed by atoms with Crippen LogP contribution in [0.3, 0.4) is 0 Å². The van der Waals surface area contributed by atoms with Crippen LogP contribution in [0, 0.1) is 0 Å². The molecule has 0 heterocycles. The van der Waals surface area contributed by atoms with Gasteiger partial charge in [0.1, 0.15) is 0 Å². The molecule has 1 nitrogen and oxygen atoms in total. The first-order chi connectivity index (χ1) is 9.74. The van der Waals surface area contributed by atoms with Gasteiger partial charge in [-0.05, 0) is 53.8 Å². The van der Waals surface area contributed by atoms with Crippen LogP contribution in [0.4, 0.5) is 0 Å². The number of nitrogens with one attached hydrogen (secondary N) is 1. The van der Waals surface area contributed by atoms with Crippen molar-refractivity contribution in [3.63, 3.8) is 0 Å². The van der Waals surface area contributed by atoms with Gasteiger partial charge in [0, 0.05) is 11.6 Å². The van der Waals surface area contributed by atoms with E-state index in [1.807, 2.05) is 6.07 Å². The Morgan fingerprint density at radius 3 is 2.40 bits per heavy atom. The van der Waals surface area contributed by atoms with E-state index in [1.165, 1.54) is 22.3 Å². The van der Waals surface area contributed by atoms with Gasteiger partial charge in [-0.15, -0.1) is 0 Å². The average molecular weight is 288 g/mol. The van der Waals surface area contributed by atoms with E-state index in [9.17, 15) is 0 Å². The molecule has 0 radical (unpaired) electrons. The minimum atomic E-state index is 0.791. The summed E-state index contributed by atoms with van der Waals surface area (Å²) in [6.45, 7) is 6.28. The van der Waals surface area contributed by atoms with Crippen LogP contribution in [0.5, 0.6) is 0 Å². The maximum absolute atomic E-state index is 6.17. The smallest absolute Gasteiger partial charge is 0.0412 e. The first-order valence-electron chi connectivity index (χ1n) is 7.33. The molecular weight excluding hydrogens is 266 g/mol. The zero-order valence-corrected chi connectivity index (χ0v) is 13.0. The second kappa shape index (κ2) is 7.47. The zero-order valence-electron chi connectivity index (χ0n) is 12.2. The molecule has 2 aromatic carbocycles. The summed E-state index contributed by atoms with van der Waals surface area (Å²) >= 11 is 6.17. The molecule has 0 fully saturated rings. The van der Waals surface area contributed by atoms with Crippen LogP contribution in [0.15, 0.2) is 42.5 Å². The molecule has 0 unspecified atom stereocenters. The topological polar surface area (TPSA) is 12.0 Å². The molecule has 0 bridgehead atoms. The predicted octanol–water partition coefficient (Wildman–Crippen LogP) is 5.07. The van der Waals surface area contributed by atoms with Crippen LogP contribution in [0.25, 0.3) is 11.1 Å². The molecular formula is C18H22ClN. The van der Waals surface area contributed by atoms with Crippen molar-refractivity contribution in [2.45, 2.75) is 33.2 Å². The number of halogens is 1. The number of aryl methyl sites for hydroxylation is 1. The van der Waals surface area contributed by atoms with E-state index < -0.39 is 0 Å². The lowest BCUT2D eigenvalue weighted by Gasteiger charge is -2.12. The van der Waals surface area contributed by atoms with E-state index >= 15 is 0 Å². The largest absolute Gasteiger partial charge is 0.313 e. The molecule has 2 heteroatoms. The highest BCUT2D eigenvalue weighted by atomic mass is 35.5. The number of rotatable bonds is 6. The molecule has 1 N–H and O–H groups in total. The molecule has 0 saturated carbocycles. The van der Waals surface area contributed by atoms with E-state index in [4.69, 9.17) is 11.6 Å². The van der Waals surface area contributed by atoms with Crippen molar-refractivity contribution in [2.75, 3.05) is 6.54 Å². The minimum Gasteiger partial charge on any atom is -0.313 e. The number of benzene rings is 2. The van der Waals surface area contributed by atoms with Gasteiger partial charge in [-0.2, -0.15) is 0 Å². The Hall–Kier alpha value is -1.31. The molecule has 0 aromatic heterocycles. The first-order valence-corrected chi connectivity index (χ1v) is 7.70. The Kier molecular flexibility index (Phi) is 5.63. The monoisotopic (exact) mass is 287 g/mol. The third kappa shape index (κ3) is 3.84. The van der Waals surface area contributed by atoms with Crippen molar-refractivity contribution in [1.82, 2.24) is 5.32 Å². The highest BCUT2D eigenvalue weighted by molar-refractivity contribution is 6.30. The predicted molar refractivity (Wildman–Crippen MR) is 88.3 cm³/mol. The molecule has 0 atom stereocenters. The quantitative estimate of drug-likeness (QED) is 0.732. The molecule has 0 spiro atoms. The lowest BCUT2D eigenvalue weighted by molar-refractivity contribution is 0.676. The summed E-state index contributed by atoms with van der Waals surface area (Å²) in [5.41, 5.74) is 5.12. The van der Waals surface area contributed by atoms with Crippen LogP contribution in [-0.4, -0.2) is 6.54 Å². The average Bonchev–Trinajstić information content (AvgIpc) is 2.49. The first kappa shape index (κ1) is 15.1. The number of hydrogen-bond donors (Lipinski definition) is 1. The Balaban J connectivity index is 2.29. The summed E-state index contributed by atoms with van der Waals surface area (Å²) in [5.74, 6) is 0. The van der Waals surface area contributed by atoms with Crippen LogP contribution < -0.4 is 5.32 Å². The van der Waals surface area contributed by atoms with E-state index in [0.717, 1.165) is 31.0 Å². The Labute approximate surface area is 127 Å². The fourth-order valence-corrected chi connectivity index (χ4v) is 2.46. The van der Waals surface area contributed by atoms with E-state index in [0.29, 0.717) is 0 Å². The molecule has 0 aliphatic heterocycles. The minimum absolute atomic E-state index is 0.791. The van der Waals surface area contributed by atoms with Gasteiger partial charge in [-0.3, -0.25) is 0 Å². The maximum Gasteiger partial charge on any atom is 0.0412 e. The van der Waals surface area contributed by atoms with Gasteiger partial charge in [0.15, 0.2) is 0 Å². The molecule has 0 aliphatic carbocycles. The fourth-order valence-electron chi connectivity index (χ4n) is 2.29. The second-order valence-corrected chi connectivity index (χ2v) is 5.47. The van der Waals surface area contributed by atoms with Crippen LogP contribution in [0.2, 0.25) is 5.02 Å². The second-order valence-electron chi connectivity index (χ2n) is 5.03. The van der Waals surface area contributed by atoms with Crippen molar-refractivity contribution >= 4 is 11.6 Å². The van der Waals surface area contributed by atoms with Crippen molar-refractivity contribution < 1.29 is 0 Å². The highest BCUT2D eigenvalue weighted by Gasteiger charge is 2.06. The van der Waals surface area contributed by atoms with Crippen molar-refractivity contribution in [3.8, 4) is 11.1 Å². The fraction of sp³-hybridized carbons (Fsp3) is 0.333. The summed E-state index contributed by atoms with van der Waals surface area (Å²) in [7, 11) is 0. The van der Waals surface area contributed by atoms with Gasteiger partial charge < -0.3 is 5.32 Å². The summed E-state index contributed by atoms with van der Waals surface area (Å²) < 4.78 is 0. The molecule has 2 rings (SSSR count). The molecule has 0 saturated heterocycles. The third-order valence-corrected chi connectivity index (χ3v) is 3.72. The SMILES string of the molecule is CCCNCc1ccc(Cl)cc1-c1ccc(CC)cc1. The van der Waals surface area contributed by atoms with Gasteiger partial charge in [0.2, 0.25) is 0 Å². The normalized spacial score (nSPS) is 10.8. The molecule has 2 aromatic rings. The van der Waals surface area contributed by atoms with Gasteiger partial charge in [-0.25, -0.2) is 0 Å². The van der Waals surface area contributed by atoms with Gasteiger partial charge in [-0.1, -0.05) is 55.8 Å². The summed E-state index contributed by atoms with van der Waals surface area (Å²) in [4.78, 5) is 0. The van der Waals surface area contributed by atoms with E-state index in [1.54, 1.807) is 0 Å². The van der Waals surface area contributed by atoms with Crippen LogP contribution in [-0.2, 0) is 13.0 Å². The Morgan fingerprint density at radius 2 is 1.75 bits per heavy atom. The van der Waals surface area contributed by atoms with Crippen molar-refractivity contribution in [2.24, 2.45) is 0 Å². The lowest BCUT2D eigenvalue weighted by atomic mass is 9.98. The molecule has 0 aliphatic rings. The van der Waals surface area contributed by atoms with Crippen LogP contribution >= 0.6 is 11.6 Å². The summed E-state index contributed by atoms with van der Waals surface area (Å²) in [6.07, 6.45) is 2.22. The summed E-state index contributed by atoms with van der Waals surface area (Å²) in [6, 6.07) is 14.9. The van der Waals surface area contributed by atoms with Crippen molar-refractivity contribution in [1.29, 1.82) is 0 Å². The molecule has 0 amide bonds. The lowest BCUT2D eigenvalue weighted by Crippen LogP contribution is -2.14. The third-order valence-electron chi connectivity index (χ3n) is 3.49. The molecule has 106 valence electrons. The number of hydrogen-bond acceptors (Lipinski definition) is 1. The van der Waals surface area contributed by atoms with E-state index in [2.05, 4.69) is 55.6 Å². The van der Waals surface area contributed by atoms with Gasteiger partial charge >= 0.3 is 0 Å². The Morgan fingerprint density at radius 1 is 1.00 bits per heavy atom. The van der Waals surface area contributed by atoms with Crippen LogP contribution in [0.1, 0.15) is 31.4 Å². The maximum atomic E-state index is 6.17. The highest BCUT2D eigenvalue weighted by Crippen LogP contribution is 2.27. The Bertz CT molecular complexity index is 546. The van der Waals surface area contributed by atoms with Crippen molar-refractivity contribution in [3.05, 3.63) is 58.6 Å². The standard InChI is InChI=1S/C18H22ClN/c1-3-11-20-13-16-9-10-17(19)12-18(16)15-7-5-14(4-2)6-8-15/h5-10,12,20H,3-4,11,13H2,1-2H3. The molecule has 20 heavy (non-hydrogen) atoms. The van der Waals surface area contributed by atoms with E-state index in [-0.39, 0.29) is 0 Å². The zero-order chi connectivity index (χ0) is 14.4. The summed E-state index contributed by atoms with van der Waals surface area (Å²) in [5, 5.41) is 4.25. The van der Waals surface area contributed by atoms with Gasteiger partial charge in [0.25, 0.3) is 0 Å².